The van der Waals surface area contributed by atoms with E-state index in [1.807, 2.05) is 7.05 Å². The van der Waals surface area contributed by atoms with Crippen molar-refractivity contribution in [2.45, 2.75) is 70.0 Å². The van der Waals surface area contributed by atoms with Crippen LogP contribution in [-0.4, -0.2) is 49.1 Å². The molecule has 2 saturated carbocycles. The standard InChI is InChI=1S/C16H30N4.HI/c1-3-4-12-11-15(12)19-16(17-2)18-13-7-9-20(10-8-13)14-5-6-14;/h12-15H,3-11H2,1-2H3,(H2,17,18,19);1H. The summed E-state index contributed by atoms with van der Waals surface area (Å²) in [6.07, 6.45) is 9.38. The topological polar surface area (TPSA) is 39.7 Å². The number of hydrogen-bond donors (Lipinski definition) is 2. The van der Waals surface area contributed by atoms with Crippen molar-refractivity contribution in [3.05, 3.63) is 0 Å². The molecule has 0 spiro atoms. The van der Waals surface area contributed by atoms with Crippen LogP contribution in [0.2, 0.25) is 0 Å². The van der Waals surface area contributed by atoms with Crippen molar-refractivity contribution in [3.63, 3.8) is 0 Å². The number of nitrogens with zero attached hydrogens (tertiary/aromatic N) is 2. The van der Waals surface area contributed by atoms with E-state index in [1.165, 1.54) is 58.0 Å². The van der Waals surface area contributed by atoms with Crippen LogP contribution in [0.4, 0.5) is 0 Å². The minimum Gasteiger partial charge on any atom is -0.354 e. The van der Waals surface area contributed by atoms with Gasteiger partial charge in [-0.1, -0.05) is 13.3 Å². The quantitative estimate of drug-likeness (QED) is 0.419. The molecule has 0 amide bonds. The second-order valence-electron chi connectivity index (χ2n) is 6.79. The molecule has 3 fully saturated rings. The van der Waals surface area contributed by atoms with Crippen molar-refractivity contribution in [2.75, 3.05) is 20.1 Å². The predicted octanol–water partition coefficient (Wildman–Crippen LogP) is 2.58. The summed E-state index contributed by atoms with van der Waals surface area (Å²) in [7, 11) is 1.89. The monoisotopic (exact) mass is 406 g/mol. The third-order valence-corrected chi connectivity index (χ3v) is 5.06. The van der Waals surface area contributed by atoms with Crippen molar-refractivity contribution >= 4 is 29.9 Å². The molecule has 21 heavy (non-hydrogen) atoms. The third kappa shape index (κ3) is 4.98. The molecule has 2 aliphatic carbocycles. The highest BCUT2D eigenvalue weighted by Gasteiger charge is 2.37. The van der Waals surface area contributed by atoms with Crippen LogP contribution in [0.5, 0.6) is 0 Å². The predicted molar refractivity (Wildman–Crippen MR) is 99.5 cm³/mol. The van der Waals surface area contributed by atoms with Crippen LogP contribution in [0.15, 0.2) is 4.99 Å². The number of piperidine rings is 1. The maximum atomic E-state index is 4.40. The Kier molecular flexibility index (Phi) is 6.59. The number of aliphatic imine (C=N–C) groups is 1. The summed E-state index contributed by atoms with van der Waals surface area (Å²) in [5, 5.41) is 7.23. The highest BCUT2D eigenvalue weighted by atomic mass is 127. The van der Waals surface area contributed by atoms with Gasteiger partial charge in [-0.3, -0.25) is 4.99 Å². The second kappa shape index (κ2) is 7.99. The lowest BCUT2D eigenvalue weighted by Gasteiger charge is -2.33. The summed E-state index contributed by atoms with van der Waals surface area (Å²) in [5.74, 6) is 1.91. The summed E-state index contributed by atoms with van der Waals surface area (Å²) in [6, 6.07) is 2.21. The fraction of sp³-hybridized carbons (Fsp3) is 0.938. The fourth-order valence-corrected chi connectivity index (χ4v) is 3.50. The maximum Gasteiger partial charge on any atom is 0.191 e. The van der Waals surface area contributed by atoms with E-state index in [2.05, 4.69) is 27.4 Å². The van der Waals surface area contributed by atoms with Crippen molar-refractivity contribution in [1.82, 2.24) is 15.5 Å². The van der Waals surface area contributed by atoms with Gasteiger partial charge in [0.1, 0.15) is 0 Å². The number of hydrogen-bond acceptors (Lipinski definition) is 2. The van der Waals surface area contributed by atoms with E-state index in [-0.39, 0.29) is 24.0 Å². The summed E-state index contributed by atoms with van der Waals surface area (Å²) in [4.78, 5) is 7.08. The smallest absolute Gasteiger partial charge is 0.191 e. The van der Waals surface area contributed by atoms with Gasteiger partial charge in [0.2, 0.25) is 0 Å². The van der Waals surface area contributed by atoms with Gasteiger partial charge in [0.25, 0.3) is 0 Å². The van der Waals surface area contributed by atoms with Gasteiger partial charge >= 0.3 is 0 Å². The average Bonchev–Trinajstić information content (AvgIpc) is 3.35. The average molecular weight is 406 g/mol. The molecule has 2 unspecified atom stereocenters. The lowest BCUT2D eigenvalue weighted by Crippen LogP contribution is -2.49. The van der Waals surface area contributed by atoms with Crippen molar-refractivity contribution < 1.29 is 0 Å². The van der Waals surface area contributed by atoms with Crippen LogP contribution in [0, 0.1) is 5.92 Å². The highest BCUT2D eigenvalue weighted by Crippen LogP contribution is 2.34. The van der Waals surface area contributed by atoms with E-state index >= 15 is 0 Å². The molecule has 1 heterocycles. The zero-order valence-corrected chi connectivity index (χ0v) is 15.8. The minimum atomic E-state index is 0. The van der Waals surface area contributed by atoms with Gasteiger partial charge in [-0.25, -0.2) is 0 Å². The molecule has 0 aromatic heterocycles. The molecule has 122 valence electrons. The Morgan fingerprint density at radius 2 is 1.86 bits per heavy atom. The van der Waals surface area contributed by atoms with Gasteiger partial charge in [-0.15, -0.1) is 24.0 Å². The lowest BCUT2D eigenvalue weighted by molar-refractivity contribution is 0.197. The Hall–Kier alpha value is -0.0400. The molecule has 3 rings (SSSR count). The summed E-state index contributed by atoms with van der Waals surface area (Å²) < 4.78 is 0. The first-order chi connectivity index (χ1) is 9.80. The molecule has 2 N–H and O–H groups in total. The van der Waals surface area contributed by atoms with Crippen LogP contribution >= 0.6 is 24.0 Å². The van der Waals surface area contributed by atoms with Gasteiger partial charge in [0.15, 0.2) is 5.96 Å². The Morgan fingerprint density at radius 3 is 2.43 bits per heavy atom. The zero-order chi connectivity index (χ0) is 13.9. The SMILES string of the molecule is CCCC1CC1NC(=NC)NC1CCN(C2CC2)CC1.I. The van der Waals surface area contributed by atoms with Gasteiger partial charge in [-0.2, -0.15) is 0 Å². The normalized spacial score (nSPS) is 30.7. The molecule has 0 aromatic rings. The Labute approximate surface area is 146 Å². The molecule has 5 heteroatoms. The molecule has 3 aliphatic rings. The number of guanidine groups is 1. The first-order valence-corrected chi connectivity index (χ1v) is 8.54. The van der Waals surface area contributed by atoms with Gasteiger partial charge in [0, 0.05) is 38.3 Å². The van der Waals surface area contributed by atoms with Crippen LogP contribution in [-0.2, 0) is 0 Å². The van der Waals surface area contributed by atoms with Gasteiger partial charge < -0.3 is 15.5 Å². The Bertz CT molecular complexity index is 348. The van der Waals surface area contributed by atoms with Gasteiger partial charge in [0.05, 0.1) is 0 Å². The van der Waals surface area contributed by atoms with E-state index < -0.39 is 0 Å². The first-order valence-electron chi connectivity index (χ1n) is 8.54. The molecule has 4 nitrogen and oxygen atoms in total. The van der Waals surface area contributed by atoms with E-state index in [0.29, 0.717) is 12.1 Å². The molecule has 1 saturated heterocycles. The summed E-state index contributed by atoms with van der Waals surface area (Å²) in [5.41, 5.74) is 0. The van der Waals surface area contributed by atoms with E-state index in [9.17, 15) is 0 Å². The highest BCUT2D eigenvalue weighted by molar-refractivity contribution is 14.0. The van der Waals surface area contributed by atoms with Crippen molar-refractivity contribution in [3.8, 4) is 0 Å². The van der Waals surface area contributed by atoms with Crippen LogP contribution in [0.3, 0.4) is 0 Å². The zero-order valence-electron chi connectivity index (χ0n) is 13.5. The number of halogens is 1. The van der Waals surface area contributed by atoms with Crippen LogP contribution < -0.4 is 10.6 Å². The number of likely N-dealkylation sites (tertiary alicyclic amines) is 1. The molecule has 2 atom stereocenters. The first kappa shape index (κ1) is 17.3. The lowest BCUT2D eigenvalue weighted by atomic mass is 10.1. The number of nitrogens with one attached hydrogen (secondary N) is 2. The Morgan fingerprint density at radius 1 is 1.14 bits per heavy atom. The van der Waals surface area contributed by atoms with Crippen LogP contribution in [0.1, 0.15) is 51.9 Å². The second-order valence-corrected chi connectivity index (χ2v) is 6.79. The minimum absolute atomic E-state index is 0. The fourth-order valence-electron chi connectivity index (χ4n) is 3.50. The maximum absolute atomic E-state index is 4.40. The Balaban J connectivity index is 0.00000161. The molecule has 0 bridgehead atoms. The van der Waals surface area contributed by atoms with E-state index in [4.69, 9.17) is 0 Å². The summed E-state index contributed by atoms with van der Waals surface area (Å²) >= 11 is 0. The molecular weight excluding hydrogens is 375 g/mol. The van der Waals surface area contributed by atoms with E-state index in [0.717, 1.165) is 17.9 Å². The molecular formula is C16H31IN4. The third-order valence-electron chi connectivity index (χ3n) is 5.06. The van der Waals surface area contributed by atoms with Crippen molar-refractivity contribution in [2.24, 2.45) is 10.9 Å². The molecule has 0 radical (unpaired) electrons. The summed E-state index contributed by atoms with van der Waals surface area (Å²) in [6.45, 7) is 4.80. The molecule has 0 aromatic carbocycles. The largest absolute Gasteiger partial charge is 0.354 e. The van der Waals surface area contributed by atoms with E-state index in [1.54, 1.807) is 0 Å². The van der Waals surface area contributed by atoms with Crippen LogP contribution in [0.25, 0.3) is 0 Å². The van der Waals surface area contributed by atoms with Crippen molar-refractivity contribution in [1.29, 1.82) is 0 Å². The molecule has 1 aliphatic heterocycles. The van der Waals surface area contributed by atoms with Gasteiger partial charge in [-0.05, 0) is 44.4 Å². The number of rotatable bonds is 5.